The molecule has 0 aromatic heterocycles. The molecule has 1 fully saturated rings. The summed E-state index contributed by atoms with van der Waals surface area (Å²) in [6.07, 6.45) is 4.96. The van der Waals surface area contributed by atoms with Crippen molar-refractivity contribution in [1.82, 2.24) is 5.32 Å². The fourth-order valence-corrected chi connectivity index (χ4v) is 2.72. The summed E-state index contributed by atoms with van der Waals surface area (Å²) in [5.41, 5.74) is 0.213. The minimum absolute atomic E-state index is 0.213. The van der Waals surface area contributed by atoms with Crippen molar-refractivity contribution in [2.75, 3.05) is 6.54 Å². The van der Waals surface area contributed by atoms with Crippen LogP contribution in [0.1, 0.15) is 38.2 Å². The number of hydrogen-bond acceptors (Lipinski definition) is 1. The third kappa shape index (κ3) is 4.25. The molecule has 0 spiro atoms. The van der Waals surface area contributed by atoms with E-state index in [4.69, 9.17) is 0 Å². The Morgan fingerprint density at radius 2 is 2.11 bits per heavy atom. The molecular formula is C15H20BrF2N. The topological polar surface area (TPSA) is 12.0 Å². The predicted octanol–water partition coefficient (Wildman–Crippen LogP) is 4.44. The Balaban J connectivity index is 2.04. The van der Waals surface area contributed by atoms with Gasteiger partial charge in [0.25, 0.3) is 0 Å². The van der Waals surface area contributed by atoms with E-state index in [1.807, 2.05) is 0 Å². The van der Waals surface area contributed by atoms with Crippen molar-refractivity contribution in [3.63, 3.8) is 0 Å². The third-order valence-corrected chi connectivity index (χ3v) is 4.21. The molecule has 0 bridgehead atoms. The van der Waals surface area contributed by atoms with Crippen LogP contribution >= 0.6 is 15.9 Å². The highest BCUT2D eigenvalue weighted by molar-refractivity contribution is 9.10. The molecule has 1 atom stereocenters. The van der Waals surface area contributed by atoms with Gasteiger partial charge < -0.3 is 5.32 Å². The highest BCUT2D eigenvalue weighted by Crippen LogP contribution is 2.26. The zero-order valence-electron chi connectivity index (χ0n) is 11.2. The van der Waals surface area contributed by atoms with Crippen molar-refractivity contribution in [1.29, 1.82) is 0 Å². The molecule has 1 saturated carbocycles. The van der Waals surface area contributed by atoms with Crippen LogP contribution in [0.5, 0.6) is 0 Å². The van der Waals surface area contributed by atoms with Gasteiger partial charge in [-0.05, 0) is 66.2 Å². The largest absolute Gasteiger partial charge is 0.314 e. The molecule has 0 amide bonds. The van der Waals surface area contributed by atoms with Crippen LogP contribution in [0, 0.1) is 17.6 Å². The van der Waals surface area contributed by atoms with E-state index < -0.39 is 11.6 Å². The maximum absolute atomic E-state index is 14.0. The van der Waals surface area contributed by atoms with E-state index in [0.717, 1.165) is 19.4 Å². The lowest BCUT2D eigenvalue weighted by Gasteiger charge is -2.18. The first-order chi connectivity index (χ1) is 9.11. The van der Waals surface area contributed by atoms with Crippen molar-refractivity contribution >= 4 is 15.9 Å². The summed E-state index contributed by atoms with van der Waals surface area (Å²) >= 11 is 3.12. The smallest absolute Gasteiger partial charge is 0.143 e. The molecule has 0 aliphatic heterocycles. The van der Waals surface area contributed by atoms with Gasteiger partial charge in [0.1, 0.15) is 11.6 Å². The van der Waals surface area contributed by atoms with Crippen molar-refractivity contribution < 1.29 is 8.78 Å². The molecule has 0 heterocycles. The highest BCUT2D eigenvalue weighted by atomic mass is 79.9. The van der Waals surface area contributed by atoms with E-state index in [0.29, 0.717) is 22.9 Å². The Morgan fingerprint density at radius 3 is 2.74 bits per heavy atom. The fraction of sp³-hybridized carbons (Fsp3) is 0.600. The second kappa shape index (κ2) is 6.80. The van der Waals surface area contributed by atoms with E-state index in [2.05, 4.69) is 28.2 Å². The van der Waals surface area contributed by atoms with E-state index in [1.165, 1.54) is 25.0 Å². The summed E-state index contributed by atoms with van der Waals surface area (Å²) in [6.45, 7) is 2.96. The summed E-state index contributed by atoms with van der Waals surface area (Å²) in [4.78, 5) is 0. The van der Waals surface area contributed by atoms with Gasteiger partial charge in [0.2, 0.25) is 0 Å². The lowest BCUT2D eigenvalue weighted by Crippen LogP contribution is -2.26. The van der Waals surface area contributed by atoms with Crippen LogP contribution in [0.4, 0.5) is 8.78 Å². The first-order valence-electron chi connectivity index (χ1n) is 6.97. The Bertz CT molecular complexity index is 432. The molecule has 2 rings (SSSR count). The van der Waals surface area contributed by atoms with Crippen LogP contribution in [0.3, 0.4) is 0 Å². The molecular weight excluding hydrogens is 312 g/mol. The van der Waals surface area contributed by atoms with Gasteiger partial charge in [-0.1, -0.05) is 13.3 Å². The second-order valence-electron chi connectivity index (χ2n) is 5.36. The summed E-state index contributed by atoms with van der Waals surface area (Å²) in [7, 11) is 0. The number of hydrogen-bond donors (Lipinski definition) is 1. The lowest BCUT2D eigenvalue weighted by molar-refractivity contribution is 0.419. The minimum Gasteiger partial charge on any atom is -0.314 e. The standard InChI is InChI=1S/C15H20BrF2N/c1-2-3-10(9-19-11-4-5-11)8-12-14(17)7-6-13(16)15(12)18/h6-7,10-11,19H,2-5,8-9H2,1H3. The predicted molar refractivity (Wildman–Crippen MR) is 77.2 cm³/mol. The molecule has 106 valence electrons. The molecule has 4 heteroatoms. The van der Waals surface area contributed by atoms with Gasteiger partial charge in [-0.3, -0.25) is 0 Å². The van der Waals surface area contributed by atoms with Crippen LogP contribution in [0.25, 0.3) is 0 Å². The van der Waals surface area contributed by atoms with E-state index >= 15 is 0 Å². The van der Waals surface area contributed by atoms with Crippen LogP contribution in [0.15, 0.2) is 16.6 Å². The number of nitrogens with one attached hydrogen (secondary N) is 1. The molecule has 1 aliphatic carbocycles. The average molecular weight is 332 g/mol. The number of halogens is 3. The van der Waals surface area contributed by atoms with Gasteiger partial charge in [-0.15, -0.1) is 0 Å². The van der Waals surface area contributed by atoms with Crippen molar-refractivity contribution in [3.8, 4) is 0 Å². The maximum Gasteiger partial charge on any atom is 0.143 e. The number of benzene rings is 1. The minimum atomic E-state index is -0.451. The summed E-state index contributed by atoms with van der Waals surface area (Å²) in [6, 6.07) is 3.39. The lowest BCUT2D eigenvalue weighted by atomic mass is 9.94. The first-order valence-corrected chi connectivity index (χ1v) is 7.76. The first kappa shape index (κ1) is 14.9. The molecule has 19 heavy (non-hydrogen) atoms. The third-order valence-electron chi connectivity index (χ3n) is 3.60. The number of rotatable bonds is 7. The van der Waals surface area contributed by atoms with E-state index in [-0.39, 0.29) is 5.56 Å². The molecule has 0 saturated heterocycles. The average Bonchev–Trinajstić information content (AvgIpc) is 3.20. The molecule has 1 aliphatic rings. The summed E-state index contributed by atoms with van der Waals surface area (Å²) in [5.74, 6) is -0.593. The normalized spacial score (nSPS) is 16.6. The van der Waals surface area contributed by atoms with Crippen molar-refractivity contribution in [3.05, 3.63) is 33.8 Å². The van der Waals surface area contributed by atoms with Crippen molar-refractivity contribution in [2.45, 2.75) is 45.1 Å². The second-order valence-corrected chi connectivity index (χ2v) is 6.22. The SMILES string of the molecule is CCCC(CNC1CC1)Cc1c(F)ccc(Br)c1F. The summed E-state index contributed by atoms with van der Waals surface area (Å²) in [5, 5.41) is 3.46. The zero-order valence-corrected chi connectivity index (χ0v) is 12.8. The van der Waals surface area contributed by atoms with Gasteiger partial charge >= 0.3 is 0 Å². The molecule has 1 unspecified atom stereocenters. The van der Waals surface area contributed by atoms with Gasteiger partial charge in [0, 0.05) is 11.6 Å². The van der Waals surface area contributed by atoms with Crippen LogP contribution in [0.2, 0.25) is 0 Å². The zero-order chi connectivity index (χ0) is 13.8. The summed E-state index contributed by atoms with van der Waals surface area (Å²) < 4.78 is 28.1. The maximum atomic E-state index is 14.0. The molecule has 0 radical (unpaired) electrons. The molecule has 1 N–H and O–H groups in total. The van der Waals surface area contributed by atoms with Gasteiger partial charge in [0.05, 0.1) is 4.47 Å². The Morgan fingerprint density at radius 1 is 1.37 bits per heavy atom. The van der Waals surface area contributed by atoms with E-state index in [9.17, 15) is 8.78 Å². The van der Waals surface area contributed by atoms with Crippen molar-refractivity contribution in [2.24, 2.45) is 5.92 Å². The Kier molecular flexibility index (Phi) is 5.34. The van der Waals surface area contributed by atoms with Crippen LogP contribution < -0.4 is 5.32 Å². The van der Waals surface area contributed by atoms with Gasteiger partial charge in [0.15, 0.2) is 0 Å². The molecule has 1 nitrogen and oxygen atoms in total. The monoisotopic (exact) mass is 331 g/mol. The molecule has 1 aromatic carbocycles. The van der Waals surface area contributed by atoms with Crippen LogP contribution in [-0.4, -0.2) is 12.6 Å². The van der Waals surface area contributed by atoms with Crippen LogP contribution in [-0.2, 0) is 6.42 Å². The molecule has 1 aromatic rings. The van der Waals surface area contributed by atoms with Gasteiger partial charge in [-0.2, -0.15) is 0 Å². The Hall–Kier alpha value is -0.480. The van der Waals surface area contributed by atoms with Gasteiger partial charge in [-0.25, -0.2) is 8.78 Å². The quantitative estimate of drug-likeness (QED) is 0.728. The van der Waals surface area contributed by atoms with E-state index in [1.54, 1.807) is 0 Å². The highest BCUT2D eigenvalue weighted by Gasteiger charge is 2.23. The Labute approximate surface area is 121 Å². The fourth-order valence-electron chi connectivity index (χ4n) is 2.35.